The molecule has 1 aromatic heterocycles. The molecule has 0 atom stereocenters. The van der Waals surface area contributed by atoms with E-state index < -0.39 is 0 Å². The Balaban J connectivity index is 2.62. The van der Waals surface area contributed by atoms with Gasteiger partial charge in [-0.25, -0.2) is 0 Å². The highest BCUT2D eigenvalue weighted by Crippen LogP contribution is 2.11. The van der Waals surface area contributed by atoms with Gasteiger partial charge in [0.2, 0.25) is 0 Å². The minimum Gasteiger partial charge on any atom is -0.361 e. The lowest BCUT2D eigenvalue weighted by molar-refractivity contribution is 0.380. The van der Waals surface area contributed by atoms with Crippen LogP contribution in [-0.2, 0) is 12.8 Å². The standard InChI is InChI=1S/C9H15NO/c1-3-5-8-7-10-11-9(8)6-4-2/h7H,3-6H2,1-2H3. The Hall–Kier alpha value is -0.790. The zero-order valence-corrected chi connectivity index (χ0v) is 7.26. The Labute approximate surface area is 67.6 Å². The van der Waals surface area contributed by atoms with E-state index in [2.05, 4.69) is 19.0 Å². The molecule has 0 fully saturated rings. The van der Waals surface area contributed by atoms with Gasteiger partial charge in [0, 0.05) is 12.0 Å². The molecule has 2 nitrogen and oxygen atoms in total. The summed E-state index contributed by atoms with van der Waals surface area (Å²) in [4.78, 5) is 0. The molecule has 0 aromatic carbocycles. The lowest BCUT2D eigenvalue weighted by Crippen LogP contribution is -1.87. The van der Waals surface area contributed by atoms with Crippen LogP contribution in [0.1, 0.15) is 38.0 Å². The lowest BCUT2D eigenvalue weighted by Gasteiger charge is -1.95. The lowest BCUT2D eigenvalue weighted by atomic mass is 10.1. The van der Waals surface area contributed by atoms with Crippen LogP contribution in [-0.4, -0.2) is 5.16 Å². The van der Waals surface area contributed by atoms with Crippen molar-refractivity contribution in [2.45, 2.75) is 39.5 Å². The van der Waals surface area contributed by atoms with Gasteiger partial charge in [-0.05, 0) is 12.8 Å². The molecular weight excluding hydrogens is 138 g/mol. The highest BCUT2D eigenvalue weighted by molar-refractivity contribution is 5.13. The first-order valence-corrected chi connectivity index (χ1v) is 4.30. The Morgan fingerprint density at radius 1 is 1.27 bits per heavy atom. The van der Waals surface area contributed by atoms with Crippen LogP contribution in [0.4, 0.5) is 0 Å². The largest absolute Gasteiger partial charge is 0.361 e. The summed E-state index contributed by atoms with van der Waals surface area (Å²) in [6.45, 7) is 4.32. The van der Waals surface area contributed by atoms with E-state index in [1.54, 1.807) is 0 Å². The molecule has 1 rings (SSSR count). The van der Waals surface area contributed by atoms with Gasteiger partial charge in [0.05, 0.1) is 6.20 Å². The SMILES string of the molecule is CCCc1cnoc1CCC. The van der Waals surface area contributed by atoms with Crippen LogP contribution < -0.4 is 0 Å². The van der Waals surface area contributed by atoms with Crippen molar-refractivity contribution in [2.75, 3.05) is 0 Å². The first kappa shape index (κ1) is 8.31. The number of aryl methyl sites for hydroxylation is 2. The van der Waals surface area contributed by atoms with Crippen molar-refractivity contribution in [1.82, 2.24) is 5.16 Å². The molecule has 0 saturated carbocycles. The number of nitrogens with zero attached hydrogens (tertiary/aromatic N) is 1. The summed E-state index contributed by atoms with van der Waals surface area (Å²) in [5.74, 6) is 1.08. The second-order valence-electron chi connectivity index (χ2n) is 2.77. The van der Waals surface area contributed by atoms with Gasteiger partial charge in [0.15, 0.2) is 0 Å². The highest BCUT2D eigenvalue weighted by atomic mass is 16.5. The van der Waals surface area contributed by atoms with Crippen molar-refractivity contribution in [3.05, 3.63) is 17.5 Å². The Kier molecular flexibility index (Phi) is 3.14. The van der Waals surface area contributed by atoms with E-state index >= 15 is 0 Å². The molecule has 2 heteroatoms. The van der Waals surface area contributed by atoms with E-state index in [-0.39, 0.29) is 0 Å². The van der Waals surface area contributed by atoms with Gasteiger partial charge in [0.25, 0.3) is 0 Å². The first-order valence-electron chi connectivity index (χ1n) is 4.30. The predicted molar refractivity (Wildman–Crippen MR) is 44.5 cm³/mol. The third-order valence-electron chi connectivity index (χ3n) is 1.73. The molecule has 0 bridgehead atoms. The van der Waals surface area contributed by atoms with Gasteiger partial charge < -0.3 is 4.52 Å². The molecule has 0 aliphatic heterocycles. The smallest absolute Gasteiger partial charge is 0.139 e. The maximum Gasteiger partial charge on any atom is 0.139 e. The quantitative estimate of drug-likeness (QED) is 0.664. The molecule has 0 aliphatic carbocycles. The molecule has 0 amide bonds. The van der Waals surface area contributed by atoms with Crippen molar-refractivity contribution < 1.29 is 4.52 Å². The van der Waals surface area contributed by atoms with Crippen molar-refractivity contribution in [3.8, 4) is 0 Å². The summed E-state index contributed by atoms with van der Waals surface area (Å²) in [5, 5.41) is 3.78. The minimum atomic E-state index is 1.02. The minimum absolute atomic E-state index is 1.02. The number of hydrogen-bond donors (Lipinski definition) is 0. The molecule has 0 saturated heterocycles. The second-order valence-corrected chi connectivity index (χ2v) is 2.77. The molecule has 0 radical (unpaired) electrons. The monoisotopic (exact) mass is 153 g/mol. The Morgan fingerprint density at radius 3 is 2.64 bits per heavy atom. The number of aromatic nitrogens is 1. The zero-order valence-electron chi connectivity index (χ0n) is 7.26. The van der Waals surface area contributed by atoms with E-state index in [4.69, 9.17) is 4.52 Å². The van der Waals surface area contributed by atoms with Crippen LogP contribution in [0.25, 0.3) is 0 Å². The first-order chi connectivity index (χ1) is 5.38. The van der Waals surface area contributed by atoms with Gasteiger partial charge in [-0.3, -0.25) is 0 Å². The summed E-state index contributed by atoms with van der Waals surface area (Å²) < 4.78 is 5.11. The molecule has 1 aromatic rings. The molecule has 1 heterocycles. The van der Waals surface area contributed by atoms with E-state index in [1.165, 1.54) is 5.56 Å². The number of hydrogen-bond acceptors (Lipinski definition) is 2. The van der Waals surface area contributed by atoms with Crippen molar-refractivity contribution in [2.24, 2.45) is 0 Å². The molecule has 0 aliphatic rings. The maximum absolute atomic E-state index is 5.11. The maximum atomic E-state index is 5.11. The van der Waals surface area contributed by atoms with Crippen LogP contribution in [0.15, 0.2) is 10.7 Å². The predicted octanol–water partition coefficient (Wildman–Crippen LogP) is 2.58. The number of rotatable bonds is 4. The van der Waals surface area contributed by atoms with Crippen LogP contribution in [0.2, 0.25) is 0 Å². The fourth-order valence-corrected chi connectivity index (χ4v) is 1.19. The third-order valence-corrected chi connectivity index (χ3v) is 1.73. The van der Waals surface area contributed by atoms with E-state index in [0.29, 0.717) is 0 Å². The molecule has 0 N–H and O–H groups in total. The normalized spacial score (nSPS) is 10.4. The van der Waals surface area contributed by atoms with Crippen molar-refractivity contribution in [3.63, 3.8) is 0 Å². The summed E-state index contributed by atoms with van der Waals surface area (Å²) in [5.41, 5.74) is 1.29. The van der Waals surface area contributed by atoms with Crippen molar-refractivity contribution in [1.29, 1.82) is 0 Å². The molecule has 0 spiro atoms. The summed E-state index contributed by atoms with van der Waals surface area (Å²) in [7, 11) is 0. The van der Waals surface area contributed by atoms with E-state index in [9.17, 15) is 0 Å². The van der Waals surface area contributed by atoms with Crippen LogP contribution in [0, 0.1) is 0 Å². The van der Waals surface area contributed by atoms with E-state index in [1.807, 2.05) is 6.20 Å². The molecular formula is C9H15NO. The summed E-state index contributed by atoms with van der Waals surface area (Å²) in [6, 6.07) is 0. The fourth-order valence-electron chi connectivity index (χ4n) is 1.19. The Bertz CT molecular complexity index is 185. The van der Waals surface area contributed by atoms with Gasteiger partial charge in [-0.15, -0.1) is 0 Å². The van der Waals surface area contributed by atoms with Crippen molar-refractivity contribution >= 4 is 0 Å². The van der Waals surface area contributed by atoms with Gasteiger partial charge in [-0.1, -0.05) is 25.4 Å². The Morgan fingerprint density at radius 2 is 2.00 bits per heavy atom. The summed E-state index contributed by atoms with van der Waals surface area (Å²) in [6.07, 6.45) is 6.26. The van der Waals surface area contributed by atoms with Crippen LogP contribution >= 0.6 is 0 Å². The topological polar surface area (TPSA) is 26.0 Å². The molecule has 62 valence electrons. The van der Waals surface area contributed by atoms with E-state index in [0.717, 1.165) is 31.4 Å². The summed E-state index contributed by atoms with van der Waals surface area (Å²) >= 11 is 0. The van der Waals surface area contributed by atoms with Gasteiger partial charge in [-0.2, -0.15) is 0 Å². The molecule has 11 heavy (non-hydrogen) atoms. The molecule has 0 unspecified atom stereocenters. The fraction of sp³-hybridized carbons (Fsp3) is 0.667. The van der Waals surface area contributed by atoms with Crippen LogP contribution in [0.5, 0.6) is 0 Å². The van der Waals surface area contributed by atoms with Gasteiger partial charge >= 0.3 is 0 Å². The second kappa shape index (κ2) is 4.16. The zero-order chi connectivity index (χ0) is 8.10. The average Bonchev–Trinajstić information content (AvgIpc) is 2.39. The average molecular weight is 153 g/mol. The highest BCUT2D eigenvalue weighted by Gasteiger charge is 2.04. The third kappa shape index (κ3) is 2.07. The van der Waals surface area contributed by atoms with Crippen LogP contribution in [0.3, 0.4) is 0 Å². The van der Waals surface area contributed by atoms with Gasteiger partial charge in [0.1, 0.15) is 5.76 Å².